The predicted molar refractivity (Wildman–Crippen MR) is 105 cm³/mol. The highest BCUT2D eigenvalue weighted by Gasteiger charge is 2.28. The van der Waals surface area contributed by atoms with Crippen LogP contribution in [0.3, 0.4) is 0 Å². The molecule has 5 rings (SSSR count). The van der Waals surface area contributed by atoms with E-state index in [-0.39, 0.29) is 0 Å². The fraction of sp³-hybridized carbons (Fsp3) is 0.286. The standard InChI is InChI=1S/C21H21N5O/c1-2-4-17(5-3-1)26-11-8-18-19(16-6-9-22-10-7-16)23-21(24-20(18)26)25-12-14-27-15-13-25/h1-7,9-10H,8,11-15H2. The van der Waals surface area contributed by atoms with Crippen molar-refractivity contribution in [3.63, 3.8) is 0 Å². The molecule has 1 aromatic carbocycles. The third-order valence-electron chi connectivity index (χ3n) is 5.13. The first kappa shape index (κ1) is 16.2. The van der Waals surface area contributed by atoms with Crippen LogP contribution in [0.2, 0.25) is 0 Å². The maximum Gasteiger partial charge on any atom is 0.228 e. The van der Waals surface area contributed by atoms with E-state index in [2.05, 4.69) is 39.0 Å². The van der Waals surface area contributed by atoms with Gasteiger partial charge >= 0.3 is 0 Å². The Morgan fingerprint density at radius 3 is 2.41 bits per heavy atom. The largest absolute Gasteiger partial charge is 0.378 e. The highest BCUT2D eigenvalue weighted by atomic mass is 16.5. The van der Waals surface area contributed by atoms with Gasteiger partial charge in [-0.2, -0.15) is 4.98 Å². The third kappa shape index (κ3) is 3.02. The summed E-state index contributed by atoms with van der Waals surface area (Å²) >= 11 is 0. The van der Waals surface area contributed by atoms with Crippen LogP contribution in [0.4, 0.5) is 17.5 Å². The molecule has 136 valence electrons. The highest BCUT2D eigenvalue weighted by molar-refractivity contribution is 5.76. The zero-order valence-corrected chi connectivity index (χ0v) is 15.1. The van der Waals surface area contributed by atoms with Gasteiger partial charge in [0.05, 0.1) is 18.9 Å². The Hall–Kier alpha value is -2.99. The van der Waals surface area contributed by atoms with Crippen LogP contribution >= 0.6 is 0 Å². The van der Waals surface area contributed by atoms with Gasteiger partial charge in [0.15, 0.2) is 0 Å². The van der Waals surface area contributed by atoms with Gasteiger partial charge in [-0.25, -0.2) is 4.98 Å². The summed E-state index contributed by atoms with van der Waals surface area (Å²) in [5.74, 6) is 1.80. The molecular weight excluding hydrogens is 338 g/mol. The van der Waals surface area contributed by atoms with E-state index in [0.29, 0.717) is 13.2 Å². The van der Waals surface area contributed by atoms with E-state index >= 15 is 0 Å². The first-order chi connectivity index (χ1) is 13.4. The van der Waals surface area contributed by atoms with Gasteiger partial charge in [-0.05, 0) is 30.7 Å². The normalized spacial score (nSPS) is 16.4. The summed E-state index contributed by atoms with van der Waals surface area (Å²) in [6, 6.07) is 14.5. The molecule has 0 N–H and O–H groups in total. The van der Waals surface area contributed by atoms with Crippen molar-refractivity contribution in [1.82, 2.24) is 15.0 Å². The summed E-state index contributed by atoms with van der Waals surface area (Å²) in [5, 5.41) is 0. The van der Waals surface area contributed by atoms with E-state index in [4.69, 9.17) is 14.7 Å². The van der Waals surface area contributed by atoms with Crippen LogP contribution in [0.5, 0.6) is 0 Å². The first-order valence-electron chi connectivity index (χ1n) is 9.37. The van der Waals surface area contributed by atoms with E-state index in [1.165, 1.54) is 11.3 Å². The van der Waals surface area contributed by atoms with Gasteiger partial charge in [0.25, 0.3) is 0 Å². The van der Waals surface area contributed by atoms with Crippen molar-refractivity contribution >= 4 is 17.5 Å². The van der Waals surface area contributed by atoms with E-state index in [0.717, 1.165) is 49.1 Å². The summed E-state index contributed by atoms with van der Waals surface area (Å²) < 4.78 is 5.50. The minimum Gasteiger partial charge on any atom is -0.378 e. The van der Waals surface area contributed by atoms with E-state index in [9.17, 15) is 0 Å². The van der Waals surface area contributed by atoms with Gasteiger partial charge in [0.2, 0.25) is 5.95 Å². The fourth-order valence-electron chi connectivity index (χ4n) is 3.76. The number of hydrogen-bond acceptors (Lipinski definition) is 6. The number of aromatic nitrogens is 3. The van der Waals surface area contributed by atoms with Crippen LogP contribution in [-0.4, -0.2) is 47.8 Å². The van der Waals surface area contributed by atoms with Crippen molar-refractivity contribution in [2.24, 2.45) is 0 Å². The van der Waals surface area contributed by atoms with Gasteiger partial charge in [0.1, 0.15) is 5.82 Å². The Morgan fingerprint density at radius 2 is 1.63 bits per heavy atom. The summed E-state index contributed by atoms with van der Waals surface area (Å²) in [6.45, 7) is 3.99. The lowest BCUT2D eigenvalue weighted by Crippen LogP contribution is -2.37. The van der Waals surface area contributed by atoms with Crippen LogP contribution < -0.4 is 9.80 Å². The molecule has 0 spiro atoms. The number of hydrogen-bond donors (Lipinski definition) is 0. The maximum absolute atomic E-state index is 5.50. The maximum atomic E-state index is 5.50. The molecule has 2 aliphatic rings. The summed E-state index contributed by atoms with van der Waals surface area (Å²) in [5.41, 5.74) is 4.49. The van der Waals surface area contributed by atoms with Crippen molar-refractivity contribution in [1.29, 1.82) is 0 Å². The fourth-order valence-corrected chi connectivity index (χ4v) is 3.76. The molecule has 0 bridgehead atoms. The number of pyridine rings is 1. The number of nitrogens with zero attached hydrogens (tertiary/aromatic N) is 5. The molecule has 0 aliphatic carbocycles. The summed E-state index contributed by atoms with van der Waals surface area (Å²) in [6.07, 6.45) is 4.58. The lowest BCUT2D eigenvalue weighted by molar-refractivity contribution is 0.122. The second kappa shape index (κ2) is 6.96. The summed E-state index contributed by atoms with van der Waals surface area (Å²) in [7, 11) is 0. The van der Waals surface area contributed by atoms with Gasteiger partial charge in [-0.1, -0.05) is 18.2 Å². The zero-order valence-electron chi connectivity index (χ0n) is 15.1. The molecule has 0 unspecified atom stereocenters. The zero-order chi connectivity index (χ0) is 18.1. The predicted octanol–water partition coefficient (Wildman–Crippen LogP) is 3.07. The van der Waals surface area contributed by atoms with Crippen molar-refractivity contribution in [2.45, 2.75) is 6.42 Å². The molecule has 1 saturated heterocycles. The minimum atomic E-state index is 0.716. The first-order valence-corrected chi connectivity index (χ1v) is 9.37. The highest BCUT2D eigenvalue weighted by Crippen LogP contribution is 2.39. The molecule has 6 heteroatoms. The Labute approximate surface area is 158 Å². The molecular formula is C21H21N5O. The van der Waals surface area contributed by atoms with Crippen LogP contribution in [0.15, 0.2) is 54.9 Å². The van der Waals surface area contributed by atoms with Crippen molar-refractivity contribution in [3.8, 4) is 11.3 Å². The minimum absolute atomic E-state index is 0.716. The SMILES string of the molecule is c1ccc(N2CCc3c(-c4ccncc4)nc(N4CCOCC4)nc32)cc1. The molecule has 2 aliphatic heterocycles. The number of para-hydroxylation sites is 1. The number of fused-ring (bicyclic) bond motifs is 1. The molecule has 6 nitrogen and oxygen atoms in total. The van der Waals surface area contributed by atoms with Crippen LogP contribution in [0.1, 0.15) is 5.56 Å². The second-order valence-electron chi connectivity index (χ2n) is 6.75. The molecule has 1 fully saturated rings. The third-order valence-corrected chi connectivity index (χ3v) is 5.13. The monoisotopic (exact) mass is 359 g/mol. The molecule has 0 atom stereocenters. The van der Waals surface area contributed by atoms with Gasteiger partial charge in [0, 0.05) is 48.8 Å². The summed E-state index contributed by atoms with van der Waals surface area (Å²) in [4.78, 5) is 18.6. The molecule has 0 amide bonds. The quantitative estimate of drug-likeness (QED) is 0.716. The van der Waals surface area contributed by atoms with Gasteiger partial charge in [-0.3, -0.25) is 4.98 Å². The molecule has 27 heavy (non-hydrogen) atoms. The van der Waals surface area contributed by atoms with Crippen LogP contribution in [0, 0.1) is 0 Å². The van der Waals surface area contributed by atoms with E-state index in [1.54, 1.807) is 0 Å². The number of rotatable bonds is 3. The Bertz CT molecular complexity index is 926. The van der Waals surface area contributed by atoms with Crippen molar-refractivity contribution in [2.75, 3.05) is 42.6 Å². The Balaban J connectivity index is 1.65. The van der Waals surface area contributed by atoms with Gasteiger partial charge in [-0.15, -0.1) is 0 Å². The van der Waals surface area contributed by atoms with Crippen LogP contribution in [0.25, 0.3) is 11.3 Å². The number of benzene rings is 1. The van der Waals surface area contributed by atoms with Crippen LogP contribution in [-0.2, 0) is 11.2 Å². The molecule has 3 aromatic rings. The van der Waals surface area contributed by atoms with E-state index < -0.39 is 0 Å². The van der Waals surface area contributed by atoms with Crippen molar-refractivity contribution in [3.05, 3.63) is 60.4 Å². The lowest BCUT2D eigenvalue weighted by Gasteiger charge is -2.28. The number of anilines is 3. The Kier molecular flexibility index (Phi) is 4.18. The smallest absolute Gasteiger partial charge is 0.228 e. The lowest BCUT2D eigenvalue weighted by atomic mass is 10.1. The molecule has 0 radical (unpaired) electrons. The topological polar surface area (TPSA) is 54.4 Å². The molecule has 4 heterocycles. The number of morpholine rings is 1. The van der Waals surface area contributed by atoms with Crippen molar-refractivity contribution < 1.29 is 4.74 Å². The average molecular weight is 359 g/mol. The average Bonchev–Trinajstić information content (AvgIpc) is 3.19. The Morgan fingerprint density at radius 1 is 0.852 bits per heavy atom. The number of ether oxygens (including phenoxy) is 1. The van der Waals surface area contributed by atoms with E-state index in [1.807, 2.05) is 30.6 Å². The van der Waals surface area contributed by atoms with Gasteiger partial charge < -0.3 is 14.5 Å². The molecule has 0 saturated carbocycles. The second-order valence-corrected chi connectivity index (χ2v) is 6.75. The molecule has 2 aromatic heterocycles.